The van der Waals surface area contributed by atoms with Crippen LogP contribution in [0.15, 0.2) is 48.5 Å². The number of benzene rings is 2. The summed E-state index contributed by atoms with van der Waals surface area (Å²) in [6.07, 6.45) is 0.367. The van der Waals surface area contributed by atoms with Gasteiger partial charge in [0.15, 0.2) is 0 Å². The van der Waals surface area contributed by atoms with Gasteiger partial charge in [-0.05, 0) is 17.6 Å². The molecule has 0 aliphatic carbocycles. The second-order valence-corrected chi connectivity index (χ2v) is 6.85. The number of aromatic nitrogens is 1. The highest BCUT2D eigenvalue weighted by molar-refractivity contribution is 7.07. The minimum atomic E-state index is -0.0884. The van der Waals surface area contributed by atoms with E-state index in [4.69, 9.17) is 9.47 Å². The maximum Gasteiger partial charge on any atom is 0.225 e. The van der Waals surface area contributed by atoms with Crippen molar-refractivity contribution >= 4 is 23.1 Å². The molecule has 1 atom stereocenters. The second kappa shape index (κ2) is 6.80. The van der Waals surface area contributed by atoms with Gasteiger partial charge >= 0.3 is 0 Å². The van der Waals surface area contributed by atoms with E-state index in [0.717, 1.165) is 33.1 Å². The molecule has 5 nitrogen and oxygen atoms in total. The molecule has 3 aromatic rings. The number of hydrogen-bond acceptors (Lipinski definition) is 5. The predicted octanol–water partition coefficient (Wildman–Crippen LogP) is 4.30. The highest BCUT2D eigenvalue weighted by Gasteiger charge is 2.33. The van der Waals surface area contributed by atoms with Crippen molar-refractivity contribution in [3.8, 4) is 22.8 Å². The number of hydrogen-bond donors (Lipinski definition) is 1. The standard InChI is InChI=1S/C20H18N2O3S/c1-24-13-8-9-14(16(10-13)25-2)15-11-17(23)21-19-18(22-26-20(15)19)12-6-4-3-5-7-12/h3-10,15H,11H2,1-2H3,(H,21,23)/t15-/m1/s1. The molecule has 2 aromatic carbocycles. The maximum atomic E-state index is 12.4. The summed E-state index contributed by atoms with van der Waals surface area (Å²) in [7, 11) is 3.25. The van der Waals surface area contributed by atoms with Crippen LogP contribution in [0, 0.1) is 0 Å². The number of carbonyl (C=O) groups is 1. The predicted molar refractivity (Wildman–Crippen MR) is 102 cm³/mol. The summed E-state index contributed by atoms with van der Waals surface area (Å²) in [6.45, 7) is 0. The minimum absolute atomic E-state index is 0.0160. The van der Waals surface area contributed by atoms with Gasteiger partial charge in [0.1, 0.15) is 17.2 Å². The van der Waals surface area contributed by atoms with Crippen molar-refractivity contribution in [2.24, 2.45) is 0 Å². The van der Waals surface area contributed by atoms with E-state index in [9.17, 15) is 4.79 Å². The molecule has 1 aliphatic rings. The number of anilines is 1. The summed E-state index contributed by atoms with van der Waals surface area (Å²) in [6, 6.07) is 15.6. The Morgan fingerprint density at radius 3 is 2.65 bits per heavy atom. The average Bonchev–Trinajstić information content (AvgIpc) is 3.11. The highest BCUT2D eigenvalue weighted by atomic mass is 32.1. The Bertz CT molecular complexity index is 953. The van der Waals surface area contributed by atoms with Crippen LogP contribution in [0.2, 0.25) is 0 Å². The fourth-order valence-corrected chi connectivity index (χ4v) is 4.24. The van der Waals surface area contributed by atoms with E-state index in [1.165, 1.54) is 11.5 Å². The third-order valence-corrected chi connectivity index (χ3v) is 5.51. The van der Waals surface area contributed by atoms with Crippen molar-refractivity contribution in [2.75, 3.05) is 19.5 Å². The van der Waals surface area contributed by atoms with E-state index in [0.29, 0.717) is 12.2 Å². The maximum absolute atomic E-state index is 12.4. The van der Waals surface area contributed by atoms with Gasteiger partial charge in [0.2, 0.25) is 5.91 Å². The molecule has 0 radical (unpaired) electrons. The molecule has 2 heterocycles. The van der Waals surface area contributed by atoms with Crippen LogP contribution < -0.4 is 14.8 Å². The Labute approximate surface area is 155 Å². The Morgan fingerprint density at radius 2 is 1.92 bits per heavy atom. The molecular formula is C20H18N2O3S. The van der Waals surface area contributed by atoms with Crippen LogP contribution in [-0.4, -0.2) is 24.5 Å². The van der Waals surface area contributed by atoms with Gasteiger partial charge < -0.3 is 14.8 Å². The smallest absolute Gasteiger partial charge is 0.225 e. The molecule has 0 saturated heterocycles. The molecule has 1 N–H and O–H groups in total. The van der Waals surface area contributed by atoms with Crippen molar-refractivity contribution < 1.29 is 14.3 Å². The molecule has 0 bridgehead atoms. The largest absolute Gasteiger partial charge is 0.497 e. The van der Waals surface area contributed by atoms with Gasteiger partial charge in [-0.15, -0.1) is 0 Å². The number of amides is 1. The lowest BCUT2D eigenvalue weighted by atomic mass is 9.89. The fraction of sp³-hybridized carbons (Fsp3) is 0.200. The normalized spacial score (nSPS) is 15.9. The summed E-state index contributed by atoms with van der Waals surface area (Å²) in [5.74, 6) is 1.33. The molecule has 6 heteroatoms. The van der Waals surface area contributed by atoms with E-state index in [2.05, 4.69) is 9.69 Å². The molecule has 26 heavy (non-hydrogen) atoms. The average molecular weight is 366 g/mol. The number of fused-ring (bicyclic) bond motifs is 1. The van der Waals surface area contributed by atoms with E-state index in [1.54, 1.807) is 14.2 Å². The summed E-state index contributed by atoms with van der Waals surface area (Å²) >= 11 is 1.43. The molecule has 1 amide bonds. The zero-order valence-corrected chi connectivity index (χ0v) is 15.3. The molecule has 0 fully saturated rings. The zero-order valence-electron chi connectivity index (χ0n) is 14.5. The molecule has 1 aliphatic heterocycles. The summed E-state index contributed by atoms with van der Waals surface area (Å²) in [5.41, 5.74) is 3.58. The Morgan fingerprint density at radius 1 is 1.12 bits per heavy atom. The van der Waals surface area contributed by atoms with Crippen LogP contribution in [0.5, 0.6) is 11.5 Å². The SMILES string of the molecule is COc1ccc([C@H]2CC(=O)Nc3c(-c4ccccc4)nsc32)c(OC)c1. The number of nitrogens with zero attached hydrogens (tertiary/aromatic N) is 1. The topological polar surface area (TPSA) is 60.5 Å². The van der Waals surface area contributed by atoms with Crippen molar-refractivity contribution in [1.82, 2.24) is 4.37 Å². The lowest BCUT2D eigenvalue weighted by Gasteiger charge is -2.24. The van der Waals surface area contributed by atoms with E-state index >= 15 is 0 Å². The summed E-state index contributed by atoms with van der Waals surface area (Å²) in [4.78, 5) is 13.5. The third kappa shape index (κ3) is 2.82. The first-order valence-electron chi connectivity index (χ1n) is 8.28. The molecule has 4 rings (SSSR count). The monoisotopic (exact) mass is 366 g/mol. The third-order valence-electron chi connectivity index (χ3n) is 4.55. The van der Waals surface area contributed by atoms with Gasteiger partial charge in [-0.1, -0.05) is 36.4 Å². The van der Waals surface area contributed by atoms with E-state index in [-0.39, 0.29) is 11.8 Å². The number of rotatable bonds is 4. The Hall–Kier alpha value is -2.86. The number of methoxy groups -OCH3 is 2. The van der Waals surface area contributed by atoms with Crippen molar-refractivity contribution in [2.45, 2.75) is 12.3 Å². The molecule has 132 valence electrons. The highest BCUT2D eigenvalue weighted by Crippen LogP contribution is 2.47. The van der Waals surface area contributed by atoms with Gasteiger partial charge in [0.25, 0.3) is 0 Å². The van der Waals surface area contributed by atoms with Gasteiger partial charge in [-0.25, -0.2) is 0 Å². The van der Waals surface area contributed by atoms with Gasteiger partial charge in [0, 0.05) is 29.5 Å². The molecule has 0 unspecified atom stereocenters. The zero-order chi connectivity index (χ0) is 18.1. The minimum Gasteiger partial charge on any atom is -0.497 e. The van der Waals surface area contributed by atoms with Crippen LogP contribution in [0.3, 0.4) is 0 Å². The fourth-order valence-electron chi connectivity index (χ4n) is 3.28. The first kappa shape index (κ1) is 16.6. The Kier molecular flexibility index (Phi) is 4.34. The lowest BCUT2D eigenvalue weighted by molar-refractivity contribution is -0.116. The quantitative estimate of drug-likeness (QED) is 0.748. The number of carbonyl (C=O) groups excluding carboxylic acids is 1. The first-order valence-corrected chi connectivity index (χ1v) is 9.05. The molecule has 1 aromatic heterocycles. The summed E-state index contributed by atoms with van der Waals surface area (Å²) < 4.78 is 15.5. The Balaban J connectivity index is 1.82. The van der Waals surface area contributed by atoms with Crippen LogP contribution in [0.1, 0.15) is 22.8 Å². The lowest BCUT2D eigenvalue weighted by Crippen LogP contribution is -2.22. The molecule has 0 saturated carbocycles. The van der Waals surface area contributed by atoms with E-state index < -0.39 is 0 Å². The van der Waals surface area contributed by atoms with Crippen LogP contribution in [0.4, 0.5) is 5.69 Å². The molecule has 0 spiro atoms. The van der Waals surface area contributed by atoms with Crippen LogP contribution in [0.25, 0.3) is 11.3 Å². The van der Waals surface area contributed by atoms with Crippen LogP contribution >= 0.6 is 11.5 Å². The van der Waals surface area contributed by atoms with Gasteiger partial charge in [-0.3, -0.25) is 4.79 Å². The summed E-state index contributed by atoms with van der Waals surface area (Å²) in [5, 5.41) is 3.01. The van der Waals surface area contributed by atoms with Crippen LogP contribution in [-0.2, 0) is 4.79 Å². The van der Waals surface area contributed by atoms with Gasteiger partial charge in [-0.2, -0.15) is 4.37 Å². The van der Waals surface area contributed by atoms with Gasteiger partial charge in [0.05, 0.1) is 24.8 Å². The van der Waals surface area contributed by atoms with E-state index in [1.807, 2.05) is 48.5 Å². The second-order valence-electron chi connectivity index (χ2n) is 6.05. The first-order chi connectivity index (χ1) is 12.7. The van der Waals surface area contributed by atoms with Crippen molar-refractivity contribution in [3.05, 3.63) is 59.0 Å². The number of nitrogens with one attached hydrogen (secondary N) is 1. The van der Waals surface area contributed by atoms with Crippen molar-refractivity contribution in [1.29, 1.82) is 0 Å². The van der Waals surface area contributed by atoms with Crippen molar-refractivity contribution in [3.63, 3.8) is 0 Å². The number of ether oxygens (including phenoxy) is 2. The molecular weight excluding hydrogens is 348 g/mol.